The van der Waals surface area contributed by atoms with E-state index in [2.05, 4.69) is 10.6 Å². The van der Waals surface area contributed by atoms with Crippen molar-refractivity contribution in [2.75, 3.05) is 27.2 Å². The number of piperidine rings is 1. The van der Waals surface area contributed by atoms with Crippen LogP contribution in [-0.2, 0) is 17.9 Å². The van der Waals surface area contributed by atoms with Crippen molar-refractivity contribution in [1.29, 1.82) is 0 Å². The molecule has 1 saturated heterocycles. The Hall–Kier alpha value is -1.46. The highest BCUT2D eigenvalue weighted by Crippen LogP contribution is 2.14. The van der Waals surface area contributed by atoms with Crippen LogP contribution in [0.2, 0.25) is 0 Å². The van der Waals surface area contributed by atoms with Gasteiger partial charge in [0.15, 0.2) is 0 Å². The summed E-state index contributed by atoms with van der Waals surface area (Å²) in [6, 6.07) is 5.04. The van der Waals surface area contributed by atoms with Gasteiger partial charge in [0.2, 0.25) is 5.91 Å². The third-order valence-corrected chi connectivity index (χ3v) is 3.77. The molecule has 0 radical (unpaired) electrons. The third-order valence-electron chi connectivity index (χ3n) is 3.77. The van der Waals surface area contributed by atoms with E-state index in [1.807, 2.05) is 25.1 Å². The van der Waals surface area contributed by atoms with Crippen molar-refractivity contribution < 1.29 is 9.18 Å². The van der Waals surface area contributed by atoms with E-state index in [9.17, 15) is 9.18 Å². The third kappa shape index (κ3) is 4.79. The number of benzene rings is 1. The second kappa shape index (κ2) is 7.52. The number of carbonyl (C=O) groups is 1. The lowest BCUT2D eigenvalue weighted by molar-refractivity contribution is -0.125. The van der Waals surface area contributed by atoms with Crippen LogP contribution < -0.4 is 10.6 Å². The van der Waals surface area contributed by atoms with Gasteiger partial charge >= 0.3 is 0 Å². The van der Waals surface area contributed by atoms with Gasteiger partial charge in [0.05, 0.1) is 0 Å². The second-order valence-electron chi connectivity index (χ2n) is 5.91. The lowest BCUT2D eigenvalue weighted by atomic mass is 9.97. The number of hydrogen-bond donors (Lipinski definition) is 2. The van der Waals surface area contributed by atoms with Gasteiger partial charge in [0.25, 0.3) is 0 Å². The molecule has 0 atom stereocenters. The zero-order chi connectivity index (χ0) is 15.2. The second-order valence-corrected chi connectivity index (χ2v) is 5.91. The van der Waals surface area contributed by atoms with Crippen molar-refractivity contribution in [2.24, 2.45) is 5.92 Å². The molecule has 1 aromatic carbocycles. The Morgan fingerprint density at radius 1 is 1.38 bits per heavy atom. The van der Waals surface area contributed by atoms with Crippen LogP contribution in [0.25, 0.3) is 0 Å². The summed E-state index contributed by atoms with van der Waals surface area (Å²) in [5.41, 5.74) is 1.60. The smallest absolute Gasteiger partial charge is 0.223 e. The Bertz CT molecular complexity index is 484. The van der Waals surface area contributed by atoms with Crippen LogP contribution >= 0.6 is 0 Å². The van der Waals surface area contributed by atoms with Crippen LogP contribution in [0.4, 0.5) is 4.39 Å². The maximum atomic E-state index is 13.7. The number of amides is 1. The minimum atomic E-state index is -0.197. The van der Waals surface area contributed by atoms with Crippen LogP contribution in [0, 0.1) is 11.7 Å². The van der Waals surface area contributed by atoms with E-state index in [1.165, 1.54) is 6.07 Å². The molecule has 1 aliphatic rings. The highest BCUT2D eigenvalue weighted by atomic mass is 19.1. The van der Waals surface area contributed by atoms with Crippen LogP contribution in [-0.4, -0.2) is 38.0 Å². The van der Waals surface area contributed by atoms with E-state index in [1.54, 1.807) is 6.07 Å². The topological polar surface area (TPSA) is 44.4 Å². The van der Waals surface area contributed by atoms with Gasteiger partial charge in [-0.1, -0.05) is 6.07 Å². The van der Waals surface area contributed by atoms with E-state index in [4.69, 9.17) is 0 Å². The molecule has 1 aliphatic heterocycles. The highest BCUT2D eigenvalue weighted by Gasteiger charge is 2.20. The molecule has 21 heavy (non-hydrogen) atoms. The number of rotatable bonds is 5. The Labute approximate surface area is 125 Å². The zero-order valence-corrected chi connectivity index (χ0v) is 12.8. The Morgan fingerprint density at radius 2 is 2.10 bits per heavy atom. The molecule has 1 amide bonds. The summed E-state index contributed by atoms with van der Waals surface area (Å²) in [6.07, 6.45) is 1.78. The average molecular weight is 293 g/mol. The van der Waals surface area contributed by atoms with E-state index in [0.717, 1.165) is 31.5 Å². The molecule has 0 spiro atoms. The Kier molecular flexibility index (Phi) is 5.70. The molecule has 0 bridgehead atoms. The predicted octanol–water partition coefficient (Wildman–Crippen LogP) is 1.50. The molecular formula is C16H24FN3O. The largest absolute Gasteiger partial charge is 0.352 e. The maximum absolute atomic E-state index is 13.7. The van der Waals surface area contributed by atoms with Crippen LogP contribution in [0.5, 0.6) is 0 Å². The van der Waals surface area contributed by atoms with Crippen LogP contribution in [0.15, 0.2) is 18.2 Å². The van der Waals surface area contributed by atoms with Gasteiger partial charge < -0.3 is 15.5 Å². The molecule has 0 aromatic heterocycles. The minimum absolute atomic E-state index is 0.105. The lowest BCUT2D eigenvalue weighted by Gasteiger charge is -2.21. The molecule has 2 N–H and O–H groups in total. The normalized spacial score (nSPS) is 16.2. The summed E-state index contributed by atoms with van der Waals surface area (Å²) in [6.45, 7) is 2.83. The van der Waals surface area contributed by atoms with Gasteiger partial charge in [-0.2, -0.15) is 0 Å². The van der Waals surface area contributed by atoms with Crippen molar-refractivity contribution in [3.05, 3.63) is 35.1 Å². The van der Waals surface area contributed by atoms with Gasteiger partial charge in [0.1, 0.15) is 5.82 Å². The fraction of sp³-hybridized carbons (Fsp3) is 0.562. The summed E-state index contributed by atoms with van der Waals surface area (Å²) in [7, 11) is 3.82. The molecule has 0 aliphatic carbocycles. The van der Waals surface area contributed by atoms with Gasteiger partial charge in [-0.25, -0.2) is 4.39 Å². The van der Waals surface area contributed by atoms with E-state index in [0.29, 0.717) is 18.7 Å². The van der Waals surface area contributed by atoms with Crippen molar-refractivity contribution in [3.8, 4) is 0 Å². The summed E-state index contributed by atoms with van der Waals surface area (Å²) >= 11 is 0. The van der Waals surface area contributed by atoms with Gasteiger partial charge in [0, 0.05) is 24.6 Å². The fourth-order valence-electron chi connectivity index (χ4n) is 2.62. The van der Waals surface area contributed by atoms with E-state index in [-0.39, 0.29) is 17.6 Å². The molecule has 0 unspecified atom stereocenters. The van der Waals surface area contributed by atoms with Gasteiger partial charge in [-0.3, -0.25) is 4.79 Å². The SMILES string of the molecule is CN(C)Cc1cc(CNC(=O)C2CCNCC2)ccc1F. The van der Waals surface area contributed by atoms with E-state index >= 15 is 0 Å². The van der Waals surface area contributed by atoms with E-state index < -0.39 is 0 Å². The summed E-state index contributed by atoms with van der Waals surface area (Å²) in [5, 5.41) is 6.21. The quantitative estimate of drug-likeness (QED) is 0.865. The minimum Gasteiger partial charge on any atom is -0.352 e. The fourth-order valence-corrected chi connectivity index (χ4v) is 2.62. The van der Waals surface area contributed by atoms with Crippen molar-refractivity contribution in [2.45, 2.75) is 25.9 Å². The first-order valence-electron chi connectivity index (χ1n) is 7.46. The Balaban J connectivity index is 1.91. The zero-order valence-electron chi connectivity index (χ0n) is 12.8. The predicted molar refractivity (Wildman–Crippen MR) is 81.2 cm³/mol. The van der Waals surface area contributed by atoms with Crippen molar-refractivity contribution >= 4 is 5.91 Å². The lowest BCUT2D eigenvalue weighted by Crippen LogP contribution is -2.37. The van der Waals surface area contributed by atoms with Gasteiger partial charge in [-0.15, -0.1) is 0 Å². The van der Waals surface area contributed by atoms with Crippen molar-refractivity contribution in [3.63, 3.8) is 0 Å². The monoisotopic (exact) mass is 293 g/mol. The summed E-state index contributed by atoms with van der Waals surface area (Å²) in [5.74, 6) is 0.0139. The summed E-state index contributed by atoms with van der Waals surface area (Å²) in [4.78, 5) is 14.0. The molecular weight excluding hydrogens is 269 g/mol. The highest BCUT2D eigenvalue weighted by molar-refractivity contribution is 5.78. The molecule has 4 nitrogen and oxygen atoms in total. The van der Waals surface area contributed by atoms with Crippen molar-refractivity contribution in [1.82, 2.24) is 15.5 Å². The Morgan fingerprint density at radius 3 is 2.76 bits per heavy atom. The molecule has 0 saturated carbocycles. The van der Waals surface area contributed by atoms with Crippen LogP contribution in [0.3, 0.4) is 0 Å². The average Bonchev–Trinajstić information content (AvgIpc) is 2.48. The number of hydrogen-bond acceptors (Lipinski definition) is 3. The number of carbonyl (C=O) groups excluding carboxylic acids is 1. The number of halogens is 1. The molecule has 1 aromatic rings. The molecule has 1 fully saturated rings. The molecule has 116 valence electrons. The van der Waals surface area contributed by atoms with Gasteiger partial charge in [-0.05, 0) is 57.7 Å². The first kappa shape index (κ1) is 15.9. The molecule has 5 heteroatoms. The standard InChI is InChI=1S/C16H24FN3O/c1-20(2)11-14-9-12(3-4-15(14)17)10-19-16(21)13-5-7-18-8-6-13/h3-4,9,13,18H,5-8,10-11H2,1-2H3,(H,19,21). The first-order valence-corrected chi connectivity index (χ1v) is 7.46. The van der Waals surface area contributed by atoms with Crippen LogP contribution in [0.1, 0.15) is 24.0 Å². The molecule has 2 rings (SSSR count). The maximum Gasteiger partial charge on any atom is 0.223 e. The number of nitrogens with one attached hydrogen (secondary N) is 2. The first-order chi connectivity index (χ1) is 10.1. The summed E-state index contributed by atoms with van der Waals surface area (Å²) < 4.78 is 13.7. The number of nitrogens with zero attached hydrogens (tertiary/aromatic N) is 1. The molecule has 1 heterocycles.